The SMILES string of the molecule is COc1cccc2sc(N3CCN(CCNC(=O)c4ccc(Cl)s4)CC3)nc12. The van der Waals surface area contributed by atoms with Crippen LogP contribution in [0.3, 0.4) is 0 Å². The molecule has 0 bridgehead atoms. The number of rotatable bonds is 6. The van der Waals surface area contributed by atoms with Gasteiger partial charge in [-0.05, 0) is 24.3 Å². The van der Waals surface area contributed by atoms with E-state index in [1.807, 2.05) is 12.1 Å². The van der Waals surface area contributed by atoms with E-state index in [2.05, 4.69) is 21.2 Å². The second-order valence-electron chi connectivity index (χ2n) is 6.49. The maximum atomic E-state index is 12.1. The number of ether oxygens (including phenoxy) is 1. The molecule has 0 unspecified atom stereocenters. The van der Waals surface area contributed by atoms with Gasteiger partial charge in [-0.2, -0.15) is 0 Å². The Bertz CT molecular complexity index is 966. The third-order valence-corrected chi connectivity index (χ3v) is 7.06. The van der Waals surface area contributed by atoms with Crippen LogP contribution < -0.4 is 15.0 Å². The van der Waals surface area contributed by atoms with Crippen LogP contribution in [0, 0.1) is 0 Å². The number of para-hydroxylation sites is 1. The van der Waals surface area contributed by atoms with E-state index in [0.717, 1.165) is 53.8 Å². The number of hydrogen-bond acceptors (Lipinski definition) is 7. The van der Waals surface area contributed by atoms with Crippen molar-refractivity contribution in [3.8, 4) is 5.75 Å². The molecule has 9 heteroatoms. The summed E-state index contributed by atoms with van der Waals surface area (Å²) in [4.78, 5) is 22.2. The Hall–Kier alpha value is -1.87. The first-order valence-electron chi connectivity index (χ1n) is 9.08. The first-order chi connectivity index (χ1) is 13.6. The summed E-state index contributed by atoms with van der Waals surface area (Å²) in [6, 6.07) is 9.53. The molecule has 1 aliphatic heterocycles. The monoisotopic (exact) mass is 436 g/mol. The van der Waals surface area contributed by atoms with Gasteiger partial charge >= 0.3 is 0 Å². The number of hydrogen-bond donors (Lipinski definition) is 1. The number of methoxy groups -OCH3 is 1. The average Bonchev–Trinajstić information content (AvgIpc) is 3.34. The molecule has 1 amide bonds. The maximum absolute atomic E-state index is 12.1. The number of piperazine rings is 1. The minimum absolute atomic E-state index is 0.0565. The molecule has 28 heavy (non-hydrogen) atoms. The van der Waals surface area contributed by atoms with Crippen LogP contribution in [0.1, 0.15) is 9.67 Å². The van der Waals surface area contributed by atoms with E-state index in [4.69, 9.17) is 21.3 Å². The van der Waals surface area contributed by atoms with Gasteiger partial charge in [-0.3, -0.25) is 9.69 Å². The quantitative estimate of drug-likeness (QED) is 0.640. The van der Waals surface area contributed by atoms with Crippen molar-refractivity contribution in [3.05, 3.63) is 39.5 Å². The summed E-state index contributed by atoms with van der Waals surface area (Å²) in [5.41, 5.74) is 0.934. The lowest BCUT2D eigenvalue weighted by atomic mass is 10.3. The van der Waals surface area contributed by atoms with Gasteiger partial charge < -0.3 is 15.0 Å². The topological polar surface area (TPSA) is 57.7 Å². The summed E-state index contributed by atoms with van der Waals surface area (Å²) in [5, 5.41) is 4.01. The molecule has 1 aliphatic rings. The van der Waals surface area contributed by atoms with Gasteiger partial charge in [0.2, 0.25) is 0 Å². The van der Waals surface area contributed by atoms with Crippen molar-refractivity contribution in [1.82, 2.24) is 15.2 Å². The van der Waals surface area contributed by atoms with Gasteiger partial charge in [-0.1, -0.05) is 29.0 Å². The number of carbonyl (C=O) groups excluding carboxylic acids is 1. The van der Waals surface area contributed by atoms with Crippen LogP contribution in [-0.4, -0.2) is 62.2 Å². The Kier molecular flexibility index (Phi) is 6.01. The Morgan fingerprint density at radius 2 is 2.04 bits per heavy atom. The number of amides is 1. The van der Waals surface area contributed by atoms with Gasteiger partial charge in [-0.25, -0.2) is 4.98 Å². The molecule has 0 aliphatic carbocycles. The predicted octanol–water partition coefficient (Wildman–Crippen LogP) is 3.57. The zero-order chi connectivity index (χ0) is 19.5. The molecule has 0 atom stereocenters. The third-order valence-electron chi connectivity index (χ3n) is 4.74. The molecule has 6 nitrogen and oxygen atoms in total. The van der Waals surface area contributed by atoms with E-state index in [0.29, 0.717) is 15.8 Å². The summed E-state index contributed by atoms with van der Waals surface area (Å²) in [5.74, 6) is 0.764. The molecule has 1 fully saturated rings. The Morgan fingerprint density at radius 3 is 2.75 bits per heavy atom. The van der Waals surface area contributed by atoms with Crippen LogP contribution in [0.25, 0.3) is 10.2 Å². The number of thiophene rings is 1. The zero-order valence-corrected chi connectivity index (χ0v) is 17.9. The summed E-state index contributed by atoms with van der Waals surface area (Å²) < 4.78 is 7.20. The fraction of sp³-hybridized carbons (Fsp3) is 0.368. The summed E-state index contributed by atoms with van der Waals surface area (Å²) in [6.07, 6.45) is 0. The number of thiazole rings is 1. The van der Waals surface area contributed by atoms with Crippen LogP contribution in [-0.2, 0) is 0 Å². The molecule has 2 aromatic heterocycles. The second-order valence-corrected chi connectivity index (χ2v) is 9.22. The lowest BCUT2D eigenvalue weighted by Crippen LogP contribution is -2.48. The standard InChI is InChI=1S/C19H21ClN4O2S2/c1-26-13-3-2-4-14-17(13)22-19(28-14)24-11-9-23(10-12-24)8-7-21-18(25)15-5-6-16(20)27-15/h2-6H,7-12H2,1H3,(H,21,25). The average molecular weight is 437 g/mol. The third kappa shape index (κ3) is 4.25. The largest absolute Gasteiger partial charge is 0.494 e. The van der Waals surface area contributed by atoms with Crippen molar-refractivity contribution in [3.63, 3.8) is 0 Å². The first kappa shape index (κ1) is 19.4. The second kappa shape index (κ2) is 8.65. The predicted molar refractivity (Wildman–Crippen MR) is 116 cm³/mol. The lowest BCUT2D eigenvalue weighted by Gasteiger charge is -2.34. The number of nitrogens with zero attached hydrogens (tertiary/aromatic N) is 3. The van der Waals surface area contributed by atoms with Crippen LogP contribution in [0.4, 0.5) is 5.13 Å². The van der Waals surface area contributed by atoms with Gasteiger partial charge in [0.1, 0.15) is 11.3 Å². The number of carbonyl (C=O) groups is 1. The van der Waals surface area contributed by atoms with Crippen molar-refractivity contribution < 1.29 is 9.53 Å². The first-order valence-corrected chi connectivity index (χ1v) is 11.1. The van der Waals surface area contributed by atoms with Gasteiger partial charge in [0.05, 0.1) is 21.0 Å². The number of nitrogens with one attached hydrogen (secondary N) is 1. The summed E-state index contributed by atoms with van der Waals surface area (Å²) in [6.45, 7) is 5.23. The highest BCUT2D eigenvalue weighted by molar-refractivity contribution is 7.22. The minimum atomic E-state index is -0.0565. The van der Waals surface area contributed by atoms with Crippen molar-refractivity contribution in [2.24, 2.45) is 0 Å². The highest BCUT2D eigenvalue weighted by atomic mass is 35.5. The Labute approximate surface area is 176 Å². The maximum Gasteiger partial charge on any atom is 0.261 e. The van der Waals surface area contributed by atoms with Gasteiger partial charge in [0, 0.05) is 39.3 Å². The van der Waals surface area contributed by atoms with Gasteiger partial charge in [0.15, 0.2) is 5.13 Å². The highest BCUT2D eigenvalue weighted by Gasteiger charge is 2.20. The number of aromatic nitrogens is 1. The molecule has 1 aromatic carbocycles. The Morgan fingerprint density at radius 1 is 1.21 bits per heavy atom. The lowest BCUT2D eigenvalue weighted by molar-refractivity contribution is 0.0952. The number of benzene rings is 1. The molecule has 0 radical (unpaired) electrons. The smallest absolute Gasteiger partial charge is 0.261 e. The number of anilines is 1. The van der Waals surface area contributed by atoms with E-state index < -0.39 is 0 Å². The normalized spacial score (nSPS) is 15.1. The van der Waals surface area contributed by atoms with Crippen molar-refractivity contribution in [2.75, 3.05) is 51.3 Å². The molecule has 0 spiro atoms. The molecule has 148 valence electrons. The van der Waals surface area contributed by atoms with Crippen LogP contribution in [0.15, 0.2) is 30.3 Å². The summed E-state index contributed by atoms with van der Waals surface area (Å²) in [7, 11) is 1.68. The molecule has 1 saturated heterocycles. The van der Waals surface area contributed by atoms with E-state index in [9.17, 15) is 4.79 Å². The fourth-order valence-corrected chi connectivity index (χ4v) is 5.22. The molecule has 0 saturated carbocycles. The molecular weight excluding hydrogens is 416 g/mol. The fourth-order valence-electron chi connectivity index (χ4n) is 3.23. The van der Waals surface area contributed by atoms with E-state index in [1.54, 1.807) is 30.6 Å². The molecular formula is C19H21ClN4O2S2. The van der Waals surface area contributed by atoms with Crippen molar-refractivity contribution >= 4 is 55.5 Å². The molecule has 3 aromatic rings. The highest BCUT2D eigenvalue weighted by Crippen LogP contribution is 2.34. The number of fused-ring (bicyclic) bond motifs is 1. The molecule has 4 rings (SSSR count). The van der Waals surface area contributed by atoms with E-state index in [1.165, 1.54) is 11.3 Å². The van der Waals surface area contributed by atoms with Crippen LogP contribution in [0.5, 0.6) is 5.75 Å². The van der Waals surface area contributed by atoms with E-state index in [-0.39, 0.29) is 5.91 Å². The minimum Gasteiger partial charge on any atom is -0.494 e. The van der Waals surface area contributed by atoms with Crippen LogP contribution >= 0.6 is 34.3 Å². The van der Waals surface area contributed by atoms with E-state index >= 15 is 0 Å². The van der Waals surface area contributed by atoms with Crippen LogP contribution in [0.2, 0.25) is 4.34 Å². The zero-order valence-electron chi connectivity index (χ0n) is 15.5. The summed E-state index contributed by atoms with van der Waals surface area (Å²) >= 11 is 8.89. The van der Waals surface area contributed by atoms with Crippen molar-refractivity contribution in [2.45, 2.75) is 0 Å². The molecule has 3 heterocycles. The molecule has 1 N–H and O–H groups in total. The Balaban J connectivity index is 1.27. The number of halogens is 1. The van der Waals surface area contributed by atoms with Gasteiger partial charge in [-0.15, -0.1) is 11.3 Å². The van der Waals surface area contributed by atoms with Gasteiger partial charge in [0.25, 0.3) is 5.91 Å². The van der Waals surface area contributed by atoms with Crippen molar-refractivity contribution in [1.29, 1.82) is 0 Å².